The zero-order valence-corrected chi connectivity index (χ0v) is 11.8. The molecule has 2 fully saturated rings. The van der Waals surface area contributed by atoms with E-state index in [-0.39, 0.29) is 10.9 Å². The van der Waals surface area contributed by atoms with Crippen LogP contribution in [-0.2, 0) is 4.79 Å². The number of amides is 1. The van der Waals surface area contributed by atoms with Crippen LogP contribution in [0, 0.1) is 17.7 Å². The molecule has 1 aromatic carbocycles. The van der Waals surface area contributed by atoms with Gasteiger partial charge in [0.15, 0.2) is 0 Å². The van der Waals surface area contributed by atoms with E-state index in [0.717, 1.165) is 26.2 Å². The molecule has 2 atom stereocenters. The van der Waals surface area contributed by atoms with E-state index >= 15 is 0 Å². The zero-order chi connectivity index (χ0) is 14.1. The predicted octanol–water partition coefficient (Wildman–Crippen LogP) is 1.57. The van der Waals surface area contributed by atoms with Crippen LogP contribution in [0.1, 0.15) is 0 Å². The molecule has 20 heavy (non-hydrogen) atoms. The molecule has 0 bridgehead atoms. The van der Waals surface area contributed by atoms with E-state index < -0.39 is 5.82 Å². The van der Waals surface area contributed by atoms with Gasteiger partial charge in [0, 0.05) is 13.1 Å². The van der Waals surface area contributed by atoms with Gasteiger partial charge >= 0.3 is 0 Å². The Morgan fingerprint density at radius 1 is 1.40 bits per heavy atom. The molecule has 0 saturated carbocycles. The van der Waals surface area contributed by atoms with Gasteiger partial charge in [-0.05, 0) is 43.1 Å². The van der Waals surface area contributed by atoms with Gasteiger partial charge in [-0.3, -0.25) is 9.69 Å². The molecule has 2 N–H and O–H groups in total. The summed E-state index contributed by atoms with van der Waals surface area (Å²) in [7, 11) is 0. The molecule has 2 aliphatic heterocycles. The Balaban J connectivity index is 1.55. The van der Waals surface area contributed by atoms with Gasteiger partial charge in [-0.1, -0.05) is 11.6 Å². The van der Waals surface area contributed by atoms with Crippen LogP contribution in [-0.4, -0.2) is 43.5 Å². The first-order valence-electron chi connectivity index (χ1n) is 6.80. The molecule has 4 nitrogen and oxygen atoms in total. The number of hydrogen-bond donors (Lipinski definition) is 2. The number of carbonyl (C=O) groups is 1. The second-order valence-electron chi connectivity index (χ2n) is 5.54. The molecule has 2 heterocycles. The molecule has 2 aliphatic rings. The summed E-state index contributed by atoms with van der Waals surface area (Å²) in [5, 5.41) is 6.33. The normalized spacial score (nSPS) is 25.7. The first-order valence-corrected chi connectivity index (χ1v) is 7.17. The molecule has 3 rings (SSSR count). The lowest BCUT2D eigenvalue weighted by Gasteiger charge is -2.16. The highest BCUT2D eigenvalue weighted by atomic mass is 35.5. The van der Waals surface area contributed by atoms with Gasteiger partial charge in [0.2, 0.25) is 5.91 Å². The minimum atomic E-state index is -0.409. The number of fused-ring (bicyclic) bond motifs is 1. The number of nitrogens with zero attached hydrogens (tertiary/aromatic N) is 1. The molecule has 2 unspecified atom stereocenters. The summed E-state index contributed by atoms with van der Waals surface area (Å²) in [6.07, 6.45) is 0. The fraction of sp³-hybridized carbons (Fsp3) is 0.500. The van der Waals surface area contributed by atoms with Crippen molar-refractivity contribution in [1.29, 1.82) is 0 Å². The molecule has 0 spiro atoms. The van der Waals surface area contributed by atoms with Crippen molar-refractivity contribution in [3.05, 3.63) is 29.0 Å². The summed E-state index contributed by atoms with van der Waals surface area (Å²) in [4.78, 5) is 14.2. The molecular formula is C14H17ClFN3O. The quantitative estimate of drug-likeness (QED) is 0.890. The first kappa shape index (κ1) is 13.8. The van der Waals surface area contributed by atoms with E-state index in [1.165, 1.54) is 18.2 Å². The lowest BCUT2D eigenvalue weighted by atomic mass is 10.0. The van der Waals surface area contributed by atoms with Crippen molar-refractivity contribution in [1.82, 2.24) is 10.2 Å². The molecule has 2 saturated heterocycles. The Morgan fingerprint density at radius 3 is 2.75 bits per heavy atom. The van der Waals surface area contributed by atoms with Crippen molar-refractivity contribution in [2.75, 3.05) is 38.0 Å². The van der Waals surface area contributed by atoms with Crippen LogP contribution in [0.4, 0.5) is 10.1 Å². The Hall–Kier alpha value is -1.17. The number of hydrogen-bond acceptors (Lipinski definition) is 3. The largest absolute Gasteiger partial charge is 0.324 e. The highest BCUT2D eigenvalue weighted by molar-refractivity contribution is 6.33. The van der Waals surface area contributed by atoms with E-state index in [4.69, 9.17) is 11.6 Å². The third-order valence-electron chi connectivity index (χ3n) is 4.04. The fourth-order valence-electron chi connectivity index (χ4n) is 3.07. The minimum absolute atomic E-state index is 0.105. The monoisotopic (exact) mass is 297 g/mol. The molecule has 0 aliphatic carbocycles. The molecule has 0 radical (unpaired) electrons. The molecule has 6 heteroatoms. The average molecular weight is 298 g/mol. The smallest absolute Gasteiger partial charge is 0.238 e. The Bertz CT molecular complexity index is 513. The Kier molecular flexibility index (Phi) is 3.92. The van der Waals surface area contributed by atoms with E-state index in [9.17, 15) is 9.18 Å². The lowest BCUT2D eigenvalue weighted by molar-refractivity contribution is -0.117. The van der Waals surface area contributed by atoms with Crippen LogP contribution in [0.3, 0.4) is 0 Å². The van der Waals surface area contributed by atoms with E-state index in [2.05, 4.69) is 15.5 Å². The number of likely N-dealkylation sites (tertiary alicyclic amines) is 1. The van der Waals surface area contributed by atoms with Crippen LogP contribution in [0.15, 0.2) is 18.2 Å². The topological polar surface area (TPSA) is 44.4 Å². The van der Waals surface area contributed by atoms with Crippen LogP contribution in [0.5, 0.6) is 0 Å². The maximum Gasteiger partial charge on any atom is 0.238 e. The molecular weight excluding hydrogens is 281 g/mol. The second kappa shape index (κ2) is 5.68. The maximum atomic E-state index is 12.9. The van der Waals surface area contributed by atoms with Gasteiger partial charge in [0.1, 0.15) is 5.82 Å². The van der Waals surface area contributed by atoms with Crippen molar-refractivity contribution in [2.24, 2.45) is 11.8 Å². The van der Waals surface area contributed by atoms with Gasteiger partial charge in [0.25, 0.3) is 0 Å². The standard InChI is InChI=1S/C14H17ClFN3O/c15-12-3-11(16)1-2-13(12)18-14(20)8-19-6-9-4-17-5-10(9)7-19/h1-3,9-10,17H,4-8H2,(H,18,20). The number of halogens is 2. The average Bonchev–Trinajstić information content (AvgIpc) is 2.93. The Labute approximate surface area is 122 Å². The van der Waals surface area contributed by atoms with E-state index in [1.54, 1.807) is 0 Å². The summed E-state index contributed by atoms with van der Waals surface area (Å²) >= 11 is 5.89. The van der Waals surface area contributed by atoms with Crippen LogP contribution in [0.2, 0.25) is 5.02 Å². The predicted molar refractivity (Wildman–Crippen MR) is 76.3 cm³/mol. The summed E-state index contributed by atoms with van der Waals surface area (Å²) in [6, 6.07) is 3.97. The fourth-order valence-corrected chi connectivity index (χ4v) is 3.28. The minimum Gasteiger partial charge on any atom is -0.324 e. The lowest BCUT2D eigenvalue weighted by Crippen LogP contribution is -2.33. The summed E-state index contributed by atoms with van der Waals surface area (Å²) in [5.74, 6) is 0.814. The van der Waals surface area contributed by atoms with Crippen LogP contribution < -0.4 is 10.6 Å². The zero-order valence-electron chi connectivity index (χ0n) is 11.0. The summed E-state index contributed by atoms with van der Waals surface area (Å²) < 4.78 is 12.9. The maximum absolute atomic E-state index is 12.9. The number of carbonyl (C=O) groups excluding carboxylic acids is 1. The third kappa shape index (κ3) is 2.95. The first-order chi connectivity index (χ1) is 9.61. The van der Waals surface area contributed by atoms with Gasteiger partial charge < -0.3 is 10.6 Å². The number of nitrogens with one attached hydrogen (secondary N) is 2. The second-order valence-corrected chi connectivity index (χ2v) is 5.95. The van der Waals surface area contributed by atoms with Crippen molar-refractivity contribution >= 4 is 23.2 Å². The van der Waals surface area contributed by atoms with Crippen molar-refractivity contribution in [3.63, 3.8) is 0 Å². The highest BCUT2D eigenvalue weighted by Gasteiger charge is 2.36. The van der Waals surface area contributed by atoms with Crippen LogP contribution in [0.25, 0.3) is 0 Å². The van der Waals surface area contributed by atoms with Crippen molar-refractivity contribution in [3.8, 4) is 0 Å². The SMILES string of the molecule is O=C(CN1CC2CNCC2C1)Nc1ccc(F)cc1Cl. The van der Waals surface area contributed by atoms with Gasteiger partial charge in [-0.15, -0.1) is 0 Å². The number of anilines is 1. The molecule has 1 amide bonds. The number of benzene rings is 1. The van der Waals surface area contributed by atoms with Crippen LogP contribution >= 0.6 is 11.6 Å². The summed E-state index contributed by atoms with van der Waals surface area (Å²) in [5.41, 5.74) is 0.458. The third-order valence-corrected chi connectivity index (χ3v) is 4.35. The molecule has 0 aromatic heterocycles. The van der Waals surface area contributed by atoms with E-state index in [0.29, 0.717) is 24.1 Å². The highest BCUT2D eigenvalue weighted by Crippen LogP contribution is 2.26. The Morgan fingerprint density at radius 2 is 2.10 bits per heavy atom. The van der Waals surface area contributed by atoms with Crippen molar-refractivity contribution in [2.45, 2.75) is 0 Å². The van der Waals surface area contributed by atoms with E-state index in [1.807, 2.05) is 0 Å². The van der Waals surface area contributed by atoms with Gasteiger partial charge in [-0.2, -0.15) is 0 Å². The summed E-state index contributed by atoms with van der Waals surface area (Å²) in [6.45, 7) is 4.38. The van der Waals surface area contributed by atoms with Gasteiger partial charge in [-0.25, -0.2) is 4.39 Å². The van der Waals surface area contributed by atoms with Gasteiger partial charge in [0.05, 0.1) is 17.3 Å². The molecule has 108 valence electrons. The molecule has 1 aromatic rings. The number of rotatable bonds is 3. The van der Waals surface area contributed by atoms with Crippen molar-refractivity contribution < 1.29 is 9.18 Å².